The lowest BCUT2D eigenvalue weighted by Gasteiger charge is -2.29. The summed E-state index contributed by atoms with van der Waals surface area (Å²) in [5, 5.41) is 4.01. The number of carbonyl (C=O) groups is 3. The second-order valence-corrected chi connectivity index (χ2v) is 6.89. The van der Waals surface area contributed by atoms with Crippen LogP contribution in [0.2, 0.25) is 0 Å². The Hall–Kier alpha value is -2.24. The van der Waals surface area contributed by atoms with Gasteiger partial charge >= 0.3 is 18.4 Å². The van der Waals surface area contributed by atoms with Crippen LogP contribution < -0.4 is 10.8 Å². The Balaban J connectivity index is 1.58. The van der Waals surface area contributed by atoms with Crippen molar-refractivity contribution in [2.45, 2.75) is 51.2 Å². The summed E-state index contributed by atoms with van der Waals surface area (Å²) < 4.78 is 18.4. The van der Waals surface area contributed by atoms with Crippen molar-refractivity contribution in [1.82, 2.24) is 20.8 Å². The van der Waals surface area contributed by atoms with Crippen LogP contribution in [0.25, 0.3) is 0 Å². The average Bonchev–Trinajstić information content (AvgIpc) is 3.25. The van der Waals surface area contributed by atoms with E-state index in [9.17, 15) is 18.8 Å². The van der Waals surface area contributed by atoms with E-state index in [4.69, 9.17) is 9.68 Å². The van der Waals surface area contributed by atoms with Crippen LogP contribution in [0.15, 0.2) is 11.6 Å². The predicted octanol–water partition coefficient (Wildman–Crippen LogP) is 0.0112. The highest BCUT2D eigenvalue weighted by molar-refractivity contribution is 5.91. The first kappa shape index (κ1) is 20.5. The van der Waals surface area contributed by atoms with Gasteiger partial charge in [-0.1, -0.05) is 6.08 Å². The van der Waals surface area contributed by atoms with Gasteiger partial charge in [0.05, 0.1) is 25.8 Å². The SMILES string of the molecule is CCOC(=O)[C@H](F)ON1C(=O)N2C[C@H]1C=C(C)[C@H]2C(=O)NOC[C@@H]1CCCN1. The molecule has 2 fully saturated rings. The van der Waals surface area contributed by atoms with Crippen molar-refractivity contribution < 1.29 is 33.2 Å². The number of halogens is 1. The zero-order valence-electron chi connectivity index (χ0n) is 15.9. The first-order valence-electron chi connectivity index (χ1n) is 9.33. The third-order valence-electron chi connectivity index (χ3n) is 4.86. The fourth-order valence-electron chi connectivity index (χ4n) is 3.59. The number of nitrogens with one attached hydrogen (secondary N) is 2. The summed E-state index contributed by atoms with van der Waals surface area (Å²) in [5.74, 6) is -1.71. The van der Waals surface area contributed by atoms with Crippen LogP contribution in [0.3, 0.4) is 0 Å². The van der Waals surface area contributed by atoms with Gasteiger partial charge in [-0.2, -0.15) is 5.06 Å². The molecule has 11 heteroatoms. The third kappa shape index (κ3) is 4.26. The zero-order chi connectivity index (χ0) is 20.3. The van der Waals surface area contributed by atoms with Gasteiger partial charge in [0.1, 0.15) is 6.04 Å². The van der Waals surface area contributed by atoms with E-state index in [-0.39, 0.29) is 19.2 Å². The molecule has 3 rings (SSSR count). The summed E-state index contributed by atoms with van der Waals surface area (Å²) in [6.45, 7) is 4.60. The molecule has 0 radical (unpaired) electrons. The van der Waals surface area contributed by atoms with Crippen molar-refractivity contribution in [1.29, 1.82) is 0 Å². The molecule has 0 aromatic rings. The van der Waals surface area contributed by atoms with Gasteiger partial charge in [0.15, 0.2) is 0 Å². The van der Waals surface area contributed by atoms with E-state index in [0.29, 0.717) is 12.2 Å². The molecule has 28 heavy (non-hydrogen) atoms. The Kier molecular flexibility index (Phi) is 6.47. The van der Waals surface area contributed by atoms with Crippen molar-refractivity contribution in [2.75, 3.05) is 26.3 Å². The zero-order valence-corrected chi connectivity index (χ0v) is 15.9. The number of hydroxylamine groups is 3. The maximum atomic E-state index is 13.9. The molecule has 0 aromatic carbocycles. The molecule has 0 spiro atoms. The number of carbonyl (C=O) groups excluding carboxylic acids is 3. The van der Waals surface area contributed by atoms with Crippen LogP contribution >= 0.6 is 0 Å². The number of nitrogens with zero attached hydrogens (tertiary/aromatic N) is 2. The fraction of sp³-hybridized carbons (Fsp3) is 0.706. The highest BCUT2D eigenvalue weighted by Crippen LogP contribution is 2.30. The van der Waals surface area contributed by atoms with Crippen LogP contribution in [0.1, 0.15) is 26.7 Å². The molecule has 3 heterocycles. The minimum Gasteiger partial charge on any atom is -0.462 e. The standard InChI is InChI=1S/C17H25FN4O6/c1-3-26-16(24)14(18)28-22-12-7-10(2)13(21(8-12)17(22)25)15(23)20-27-9-11-5-4-6-19-11/h7,11-14,19H,3-6,8-9H2,1-2H3,(H,20,23)/t11-,12+,13-,14+/m0/s1. The van der Waals surface area contributed by atoms with E-state index in [2.05, 4.69) is 15.5 Å². The maximum Gasteiger partial charge on any atom is 0.370 e. The first-order chi connectivity index (χ1) is 13.4. The van der Waals surface area contributed by atoms with Crippen LogP contribution in [0.4, 0.5) is 9.18 Å². The number of rotatable bonds is 8. The molecule has 0 saturated carbocycles. The molecule has 2 saturated heterocycles. The fourth-order valence-corrected chi connectivity index (χ4v) is 3.59. The summed E-state index contributed by atoms with van der Waals surface area (Å²) in [4.78, 5) is 47.9. The number of esters is 1. The number of fused-ring (bicyclic) bond motifs is 2. The maximum absolute atomic E-state index is 13.9. The van der Waals surface area contributed by atoms with Crippen molar-refractivity contribution in [3.63, 3.8) is 0 Å². The summed E-state index contributed by atoms with van der Waals surface area (Å²) >= 11 is 0. The van der Waals surface area contributed by atoms with Gasteiger partial charge in [-0.15, -0.1) is 0 Å². The monoisotopic (exact) mass is 400 g/mol. The molecular formula is C17H25FN4O6. The Labute approximate surface area is 161 Å². The largest absolute Gasteiger partial charge is 0.462 e. The summed E-state index contributed by atoms with van der Waals surface area (Å²) in [6, 6.07) is -2.01. The molecular weight excluding hydrogens is 375 g/mol. The number of amides is 3. The number of urea groups is 1. The summed E-state index contributed by atoms with van der Waals surface area (Å²) in [6.07, 6.45) is 1.25. The van der Waals surface area contributed by atoms with Crippen LogP contribution in [-0.2, 0) is 24.0 Å². The van der Waals surface area contributed by atoms with Crippen LogP contribution in [0.5, 0.6) is 0 Å². The van der Waals surface area contributed by atoms with Gasteiger partial charge in [-0.3, -0.25) is 9.63 Å². The quantitative estimate of drug-likeness (QED) is 0.336. The normalized spacial score (nSPS) is 27.6. The van der Waals surface area contributed by atoms with Gasteiger partial charge in [0, 0.05) is 6.04 Å². The Morgan fingerprint density at radius 3 is 2.93 bits per heavy atom. The van der Waals surface area contributed by atoms with Gasteiger partial charge in [0.2, 0.25) is 0 Å². The molecule has 4 atom stereocenters. The predicted molar refractivity (Wildman–Crippen MR) is 93.0 cm³/mol. The molecule has 0 aliphatic carbocycles. The number of alkyl halides is 1. The lowest BCUT2D eigenvalue weighted by molar-refractivity contribution is -0.223. The molecule has 156 valence electrons. The molecule has 0 unspecified atom stereocenters. The minimum absolute atomic E-state index is 0.0102. The van der Waals surface area contributed by atoms with E-state index in [0.717, 1.165) is 24.4 Å². The minimum atomic E-state index is -2.42. The molecule has 2 N–H and O–H groups in total. The highest BCUT2D eigenvalue weighted by Gasteiger charge is 2.49. The van der Waals surface area contributed by atoms with Gasteiger partial charge < -0.3 is 15.0 Å². The number of hydrogen-bond donors (Lipinski definition) is 2. The van der Waals surface area contributed by atoms with E-state index in [1.807, 2.05) is 0 Å². The summed E-state index contributed by atoms with van der Waals surface area (Å²) in [5.41, 5.74) is 2.98. The molecule has 2 bridgehead atoms. The van der Waals surface area contributed by atoms with Gasteiger partial charge in [-0.25, -0.2) is 24.3 Å². The number of hydrogen-bond acceptors (Lipinski definition) is 7. The van der Waals surface area contributed by atoms with Gasteiger partial charge in [-0.05, 0) is 38.8 Å². The Morgan fingerprint density at radius 2 is 2.25 bits per heavy atom. The Morgan fingerprint density at radius 1 is 1.46 bits per heavy atom. The Bertz CT molecular complexity index is 654. The topological polar surface area (TPSA) is 109 Å². The molecule has 10 nitrogen and oxygen atoms in total. The number of ether oxygens (including phenoxy) is 1. The first-order valence-corrected chi connectivity index (χ1v) is 9.33. The second kappa shape index (κ2) is 8.84. The van der Waals surface area contributed by atoms with E-state index >= 15 is 0 Å². The molecule has 3 amide bonds. The van der Waals surface area contributed by atoms with Crippen LogP contribution in [0, 0.1) is 0 Å². The second-order valence-electron chi connectivity index (χ2n) is 6.89. The smallest absolute Gasteiger partial charge is 0.370 e. The van der Waals surface area contributed by atoms with E-state index < -0.39 is 36.3 Å². The highest BCUT2D eigenvalue weighted by atomic mass is 19.1. The third-order valence-corrected chi connectivity index (χ3v) is 4.86. The van der Waals surface area contributed by atoms with E-state index in [1.54, 1.807) is 13.0 Å². The molecule has 3 aliphatic rings. The van der Waals surface area contributed by atoms with Crippen molar-refractivity contribution in [3.8, 4) is 0 Å². The van der Waals surface area contributed by atoms with Crippen molar-refractivity contribution >= 4 is 17.9 Å². The van der Waals surface area contributed by atoms with Gasteiger partial charge in [0.25, 0.3) is 5.91 Å². The molecule has 0 aromatic heterocycles. The lowest BCUT2D eigenvalue weighted by atomic mass is 10.0. The van der Waals surface area contributed by atoms with Crippen LogP contribution in [-0.4, -0.2) is 78.7 Å². The lowest BCUT2D eigenvalue weighted by Crippen LogP contribution is -2.50. The van der Waals surface area contributed by atoms with Crippen molar-refractivity contribution in [3.05, 3.63) is 11.6 Å². The molecule has 3 aliphatic heterocycles. The van der Waals surface area contributed by atoms with Crippen molar-refractivity contribution in [2.24, 2.45) is 0 Å². The summed E-state index contributed by atoms with van der Waals surface area (Å²) in [7, 11) is 0. The average molecular weight is 400 g/mol. The van der Waals surface area contributed by atoms with E-state index in [1.165, 1.54) is 11.8 Å².